The maximum Gasteiger partial charge on any atom is 0.251 e. The minimum absolute atomic E-state index is 0.321. The molecule has 0 saturated carbocycles. The second-order valence-electron chi connectivity index (χ2n) is 6.80. The van der Waals surface area contributed by atoms with Crippen molar-refractivity contribution in [2.75, 3.05) is 0 Å². The molecule has 0 amide bonds. The monoisotopic (exact) mass is 465 g/mol. The predicted molar refractivity (Wildman–Crippen MR) is 114 cm³/mol. The highest BCUT2D eigenvalue weighted by Gasteiger charge is 2.43. The molecule has 30 heavy (non-hydrogen) atoms. The van der Waals surface area contributed by atoms with Crippen LogP contribution in [0.1, 0.15) is 22.7 Å². The number of pyridine rings is 3. The highest BCUT2D eigenvalue weighted by molar-refractivity contribution is 9.10. The number of aliphatic hydroxyl groups is 1. The summed E-state index contributed by atoms with van der Waals surface area (Å²) in [5, 5.41) is 12.3. The lowest BCUT2D eigenvalue weighted by atomic mass is 9.78. The van der Waals surface area contributed by atoms with Crippen molar-refractivity contribution in [1.29, 1.82) is 0 Å². The van der Waals surface area contributed by atoms with Gasteiger partial charge in [-0.05, 0) is 51.8 Å². The van der Waals surface area contributed by atoms with Crippen molar-refractivity contribution in [2.45, 2.75) is 11.6 Å². The summed E-state index contributed by atoms with van der Waals surface area (Å²) in [6, 6.07) is 14.7. The molecule has 1 N–H and O–H groups in total. The maximum absolute atomic E-state index is 13.7. The van der Waals surface area contributed by atoms with Gasteiger partial charge in [-0.15, -0.1) is 0 Å². The zero-order valence-electron chi connectivity index (χ0n) is 15.7. The number of hydrogen-bond donors (Lipinski definition) is 1. The Kier molecular flexibility index (Phi) is 5.57. The van der Waals surface area contributed by atoms with Crippen LogP contribution < -0.4 is 5.56 Å². The van der Waals surface area contributed by atoms with Crippen LogP contribution in [0.2, 0.25) is 0 Å². The summed E-state index contributed by atoms with van der Waals surface area (Å²) < 4.78 is 15.8. The summed E-state index contributed by atoms with van der Waals surface area (Å²) in [6.07, 6.45) is 7.91. The lowest BCUT2D eigenvalue weighted by molar-refractivity contribution is 0.0362. The number of aromatic nitrogens is 3. The van der Waals surface area contributed by atoms with Crippen LogP contribution in [0.4, 0.5) is 4.39 Å². The number of nitrogens with zero attached hydrogens (tertiary/aromatic N) is 3. The van der Waals surface area contributed by atoms with Crippen molar-refractivity contribution in [3.05, 3.63) is 129 Å². The van der Waals surface area contributed by atoms with Gasteiger partial charge in [-0.3, -0.25) is 14.8 Å². The topological polar surface area (TPSA) is 68.0 Å². The van der Waals surface area contributed by atoms with Crippen LogP contribution in [-0.2, 0) is 5.60 Å². The van der Waals surface area contributed by atoms with Gasteiger partial charge in [0.05, 0.1) is 6.04 Å². The number of benzene rings is 1. The van der Waals surface area contributed by atoms with E-state index in [1.54, 1.807) is 73.4 Å². The van der Waals surface area contributed by atoms with Gasteiger partial charge in [0, 0.05) is 52.7 Å². The fourth-order valence-corrected chi connectivity index (χ4v) is 3.94. The van der Waals surface area contributed by atoms with E-state index in [1.807, 2.05) is 0 Å². The SMILES string of the molecule is O=c1ccc(Br)cn1C(c1ccc(F)cc1)C(O)(c1cccnc1)c1cccnc1. The summed E-state index contributed by atoms with van der Waals surface area (Å²) in [4.78, 5) is 21.2. The van der Waals surface area contributed by atoms with Gasteiger partial charge in [0.1, 0.15) is 11.4 Å². The number of hydrogen-bond acceptors (Lipinski definition) is 4. The Morgan fingerprint density at radius 2 is 1.53 bits per heavy atom. The average Bonchev–Trinajstić information content (AvgIpc) is 2.78. The predicted octanol–water partition coefficient (Wildman–Crippen LogP) is 4.07. The Hall–Kier alpha value is -3.16. The summed E-state index contributed by atoms with van der Waals surface area (Å²) >= 11 is 3.40. The van der Waals surface area contributed by atoms with E-state index in [-0.39, 0.29) is 5.56 Å². The summed E-state index contributed by atoms with van der Waals surface area (Å²) in [6.45, 7) is 0. The standard InChI is InChI=1S/C23H17BrFN3O2/c24-19-7-10-21(29)28(15-19)22(16-5-8-20(25)9-6-16)23(30,17-3-1-11-26-13-17)18-4-2-12-27-14-18/h1-15,22,30H. The molecule has 3 aromatic heterocycles. The minimum atomic E-state index is -1.72. The molecule has 0 bridgehead atoms. The van der Waals surface area contributed by atoms with Gasteiger partial charge < -0.3 is 9.67 Å². The Morgan fingerprint density at radius 3 is 2.07 bits per heavy atom. The first-order chi connectivity index (χ1) is 14.5. The van der Waals surface area contributed by atoms with Crippen LogP contribution in [0.15, 0.2) is 101 Å². The molecule has 0 saturated heterocycles. The van der Waals surface area contributed by atoms with E-state index in [9.17, 15) is 14.3 Å². The Labute approximate surface area is 180 Å². The first-order valence-electron chi connectivity index (χ1n) is 9.16. The smallest absolute Gasteiger partial charge is 0.251 e. The zero-order valence-corrected chi connectivity index (χ0v) is 17.3. The summed E-state index contributed by atoms with van der Waals surface area (Å²) in [7, 11) is 0. The van der Waals surface area contributed by atoms with E-state index in [1.165, 1.54) is 22.8 Å². The van der Waals surface area contributed by atoms with Crippen LogP contribution in [0.25, 0.3) is 0 Å². The third-order valence-electron chi connectivity index (χ3n) is 4.96. The molecule has 0 aliphatic heterocycles. The molecule has 4 aromatic rings. The lowest BCUT2D eigenvalue weighted by Crippen LogP contribution is -2.42. The van der Waals surface area contributed by atoms with Gasteiger partial charge in [0.15, 0.2) is 0 Å². The van der Waals surface area contributed by atoms with Crippen molar-refractivity contribution in [3.63, 3.8) is 0 Å². The quantitative estimate of drug-likeness (QED) is 0.482. The maximum atomic E-state index is 13.7. The molecule has 0 fully saturated rings. The van der Waals surface area contributed by atoms with E-state index < -0.39 is 17.5 Å². The van der Waals surface area contributed by atoms with Crippen LogP contribution >= 0.6 is 15.9 Å². The second-order valence-corrected chi connectivity index (χ2v) is 7.71. The molecule has 1 atom stereocenters. The van der Waals surface area contributed by atoms with E-state index in [2.05, 4.69) is 25.9 Å². The van der Waals surface area contributed by atoms with Gasteiger partial charge in [0.2, 0.25) is 0 Å². The molecule has 7 heteroatoms. The molecule has 0 aliphatic rings. The third-order valence-corrected chi connectivity index (χ3v) is 5.43. The Bertz CT molecular complexity index is 1160. The Balaban J connectivity index is 2.07. The second kappa shape index (κ2) is 8.30. The van der Waals surface area contributed by atoms with E-state index in [0.717, 1.165) is 0 Å². The van der Waals surface area contributed by atoms with Crippen molar-refractivity contribution in [2.24, 2.45) is 0 Å². The molecular weight excluding hydrogens is 449 g/mol. The van der Waals surface area contributed by atoms with Crippen molar-refractivity contribution in [3.8, 4) is 0 Å². The molecule has 0 spiro atoms. The van der Waals surface area contributed by atoms with Crippen LogP contribution in [-0.4, -0.2) is 19.6 Å². The molecule has 0 aliphatic carbocycles. The average molecular weight is 466 g/mol. The number of halogens is 2. The van der Waals surface area contributed by atoms with E-state index >= 15 is 0 Å². The van der Waals surface area contributed by atoms with Gasteiger partial charge in [0.25, 0.3) is 5.56 Å². The highest BCUT2D eigenvalue weighted by Crippen LogP contribution is 2.42. The molecule has 3 heterocycles. The van der Waals surface area contributed by atoms with E-state index in [4.69, 9.17) is 0 Å². The first-order valence-corrected chi connectivity index (χ1v) is 9.96. The van der Waals surface area contributed by atoms with Crippen LogP contribution in [0.5, 0.6) is 0 Å². The highest BCUT2D eigenvalue weighted by atomic mass is 79.9. The fraction of sp³-hybridized carbons (Fsp3) is 0.0870. The molecule has 5 nitrogen and oxygen atoms in total. The molecule has 150 valence electrons. The molecule has 4 rings (SSSR count). The van der Waals surface area contributed by atoms with Crippen LogP contribution in [0.3, 0.4) is 0 Å². The Morgan fingerprint density at radius 1 is 0.933 bits per heavy atom. The normalized spacial score (nSPS) is 12.5. The van der Waals surface area contributed by atoms with E-state index in [0.29, 0.717) is 21.2 Å². The third kappa shape index (κ3) is 3.69. The molecule has 1 aromatic carbocycles. The van der Waals surface area contributed by atoms with Crippen molar-refractivity contribution in [1.82, 2.24) is 14.5 Å². The van der Waals surface area contributed by atoms with Crippen molar-refractivity contribution >= 4 is 15.9 Å². The van der Waals surface area contributed by atoms with Crippen molar-refractivity contribution < 1.29 is 9.50 Å². The van der Waals surface area contributed by atoms with Gasteiger partial charge in [-0.2, -0.15) is 0 Å². The largest absolute Gasteiger partial charge is 0.378 e. The van der Waals surface area contributed by atoms with Gasteiger partial charge in [-0.1, -0.05) is 24.3 Å². The lowest BCUT2D eigenvalue weighted by Gasteiger charge is -2.38. The minimum Gasteiger partial charge on any atom is -0.378 e. The number of rotatable bonds is 5. The van der Waals surface area contributed by atoms with Crippen LogP contribution in [0, 0.1) is 5.82 Å². The van der Waals surface area contributed by atoms with Gasteiger partial charge >= 0.3 is 0 Å². The summed E-state index contributed by atoms with van der Waals surface area (Å²) in [5.41, 5.74) is -0.547. The first kappa shape index (κ1) is 20.1. The fourth-order valence-electron chi connectivity index (χ4n) is 3.59. The molecule has 0 radical (unpaired) electrons. The summed E-state index contributed by atoms with van der Waals surface area (Å²) in [5.74, 6) is -0.412. The molecular formula is C23H17BrFN3O2. The van der Waals surface area contributed by atoms with Gasteiger partial charge in [-0.25, -0.2) is 4.39 Å². The molecule has 1 unspecified atom stereocenters. The zero-order chi connectivity index (χ0) is 21.1.